The highest BCUT2D eigenvalue weighted by Crippen LogP contribution is 2.44. The number of benzene rings is 1. The summed E-state index contributed by atoms with van der Waals surface area (Å²) in [6, 6.07) is 8.55. The van der Waals surface area contributed by atoms with Crippen LogP contribution in [0.4, 0.5) is 0 Å². The van der Waals surface area contributed by atoms with Crippen molar-refractivity contribution in [1.29, 1.82) is 0 Å². The van der Waals surface area contributed by atoms with E-state index >= 15 is 0 Å². The summed E-state index contributed by atoms with van der Waals surface area (Å²) in [6.07, 6.45) is 4.18. The van der Waals surface area contributed by atoms with Crippen molar-refractivity contribution < 1.29 is 37.8 Å². The van der Waals surface area contributed by atoms with E-state index in [1.165, 1.54) is 0 Å². The van der Waals surface area contributed by atoms with E-state index in [-0.39, 0.29) is 6.61 Å². The molecule has 24 heavy (non-hydrogen) atoms. The van der Waals surface area contributed by atoms with E-state index in [1.54, 1.807) is 24.3 Å². The Kier molecular flexibility index (Phi) is 11.4. The van der Waals surface area contributed by atoms with Gasteiger partial charge in [-0.3, -0.25) is 9.42 Å². The average molecular weight is 384 g/mol. The number of para-hydroxylation sites is 1. The zero-order valence-electron chi connectivity index (χ0n) is 13.8. The number of hydrogen-bond donors (Lipinski definition) is 4. The van der Waals surface area contributed by atoms with Gasteiger partial charge in [-0.05, 0) is 24.5 Å². The van der Waals surface area contributed by atoms with Crippen molar-refractivity contribution in [3.05, 3.63) is 30.3 Å². The standard InChI is InChI=1S/C14H23O4P.H3O4P/c1-3-5-9-13(4-2)12-17-19(15,16)18-14-10-7-6-8-11-14;1-5(2,3)4/h6-8,10-11,13H,3-5,9,12H2,1-2H3,(H,15,16);(H3,1,2,3,4). The highest BCUT2D eigenvalue weighted by molar-refractivity contribution is 7.47. The van der Waals surface area contributed by atoms with Crippen molar-refractivity contribution in [1.82, 2.24) is 0 Å². The number of phosphoric acid groups is 2. The second-order valence-corrected chi connectivity index (χ2v) is 7.50. The van der Waals surface area contributed by atoms with E-state index in [9.17, 15) is 9.46 Å². The molecule has 1 aromatic rings. The Balaban J connectivity index is 0.000000922. The predicted molar refractivity (Wildman–Crippen MR) is 90.4 cm³/mol. The van der Waals surface area contributed by atoms with Gasteiger partial charge in [-0.15, -0.1) is 0 Å². The van der Waals surface area contributed by atoms with Crippen LogP contribution in [-0.4, -0.2) is 26.2 Å². The average Bonchev–Trinajstić information content (AvgIpc) is 2.46. The van der Waals surface area contributed by atoms with Gasteiger partial charge < -0.3 is 19.2 Å². The van der Waals surface area contributed by atoms with E-state index in [4.69, 9.17) is 28.3 Å². The largest absolute Gasteiger partial charge is 0.527 e. The van der Waals surface area contributed by atoms with Gasteiger partial charge in [-0.25, -0.2) is 9.13 Å². The fraction of sp³-hybridized carbons (Fsp3) is 0.571. The molecular formula is C14H26O8P2. The normalized spacial score (nSPS) is 14.9. The molecule has 4 N–H and O–H groups in total. The smallest absolute Gasteiger partial charge is 0.404 e. The Labute approximate surface area is 142 Å². The molecule has 0 aliphatic carbocycles. The van der Waals surface area contributed by atoms with Crippen molar-refractivity contribution in [3.63, 3.8) is 0 Å². The molecule has 1 rings (SSSR count). The summed E-state index contributed by atoms with van der Waals surface area (Å²) in [6.45, 7) is 4.45. The second-order valence-electron chi connectivity index (χ2n) is 5.10. The van der Waals surface area contributed by atoms with Crippen LogP contribution < -0.4 is 4.52 Å². The van der Waals surface area contributed by atoms with Crippen molar-refractivity contribution in [2.75, 3.05) is 6.61 Å². The van der Waals surface area contributed by atoms with E-state index in [1.807, 2.05) is 6.07 Å². The Morgan fingerprint density at radius 1 is 1.04 bits per heavy atom. The van der Waals surface area contributed by atoms with Crippen molar-refractivity contribution in [3.8, 4) is 5.75 Å². The van der Waals surface area contributed by atoms with Crippen LogP contribution in [0.25, 0.3) is 0 Å². The molecule has 8 nitrogen and oxygen atoms in total. The lowest BCUT2D eigenvalue weighted by molar-refractivity contribution is 0.166. The van der Waals surface area contributed by atoms with E-state index in [2.05, 4.69) is 13.8 Å². The molecule has 2 atom stereocenters. The van der Waals surface area contributed by atoms with Gasteiger partial charge in [0.15, 0.2) is 0 Å². The predicted octanol–water partition coefficient (Wildman–Crippen LogP) is 3.47. The Morgan fingerprint density at radius 2 is 1.58 bits per heavy atom. The van der Waals surface area contributed by atoms with Crippen LogP contribution in [0.5, 0.6) is 5.75 Å². The van der Waals surface area contributed by atoms with Crippen molar-refractivity contribution in [2.24, 2.45) is 5.92 Å². The number of phosphoric ester groups is 1. The highest BCUT2D eigenvalue weighted by atomic mass is 31.2. The quantitative estimate of drug-likeness (QED) is 0.476. The van der Waals surface area contributed by atoms with Crippen LogP contribution in [0, 0.1) is 5.92 Å². The Morgan fingerprint density at radius 3 is 2.04 bits per heavy atom. The number of unbranched alkanes of at least 4 members (excludes halogenated alkanes) is 1. The number of hydrogen-bond acceptors (Lipinski definition) is 4. The zero-order chi connectivity index (χ0) is 18.6. The van der Waals surface area contributed by atoms with Gasteiger partial charge in [0.2, 0.25) is 0 Å². The summed E-state index contributed by atoms with van der Waals surface area (Å²) < 4.78 is 30.7. The summed E-state index contributed by atoms with van der Waals surface area (Å²) in [5.41, 5.74) is 0. The molecular weight excluding hydrogens is 358 g/mol. The van der Waals surface area contributed by atoms with Gasteiger partial charge in [-0.1, -0.05) is 51.3 Å². The molecule has 10 heteroatoms. The second kappa shape index (κ2) is 11.8. The molecule has 0 saturated heterocycles. The van der Waals surface area contributed by atoms with E-state index in [0.717, 1.165) is 25.7 Å². The molecule has 2 unspecified atom stereocenters. The molecule has 0 fully saturated rings. The number of rotatable bonds is 9. The minimum absolute atomic E-state index is 0.261. The van der Waals surface area contributed by atoms with Gasteiger partial charge in [0.25, 0.3) is 0 Å². The van der Waals surface area contributed by atoms with Crippen LogP contribution in [0.3, 0.4) is 0 Å². The van der Waals surface area contributed by atoms with Gasteiger partial charge in [-0.2, -0.15) is 0 Å². The molecule has 0 aromatic heterocycles. The first-order chi connectivity index (χ1) is 11.1. The SMILES string of the molecule is CCCCC(CC)COP(=O)(O)Oc1ccccc1.O=P(O)(O)O. The van der Waals surface area contributed by atoms with Crippen LogP contribution in [-0.2, 0) is 13.7 Å². The monoisotopic (exact) mass is 384 g/mol. The molecule has 140 valence electrons. The maximum absolute atomic E-state index is 11.8. The topological polar surface area (TPSA) is 134 Å². The van der Waals surface area contributed by atoms with Gasteiger partial charge in [0.05, 0.1) is 6.61 Å². The zero-order valence-corrected chi connectivity index (χ0v) is 15.6. The van der Waals surface area contributed by atoms with Gasteiger partial charge >= 0.3 is 15.6 Å². The summed E-state index contributed by atoms with van der Waals surface area (Å²) in [5, 5.41) is 0. The molecule has 0 amide bonds. The maximum Gasteiger partial charge on any atom is 0.527 e. The third kappa shape index (κ3) is 14.8. The fourth-order valence-electron chi connectivity index (χ4n) is 1.74. The van der Waals surface area contributed by atoms with Crippen LogP contribution in [0.1, 0.15) is 39.5 Å². The summed E-state index contributed by atoms with van der Waals surface area (Å²) >= 11 is 0. The van der Waals surface area contributed by atoms with E-state index < -0.39 is 15.6 Å². The molecule has 0 aliphatic rings. The van der Waals surface area contributed by atoms with E-state index in [0.29, 0.717) is 11.7 Å². The molecule has 0 radical (unpaired) electrons. The first kappa shape index (κ1) is 23.3. The first-order valence-corrected chi connectivity index (χ1v) is 10.6. The molecule has 0 saturated carbocycles. The Bertz CT molecular complexity index is 523. The fourth-order valence-corrected chi connectivity index (χ4v) is 2.58. The van der Waals surface area contributed by atoms with Crippen LogP contribution in [0.2, 0.25) is 0 Å². The van der Waals surface area contributed by atoms with Crippen molar-refractivity contribution in [2.45, 2.75) is 39.5 Å². The van der Waals surface area contributed by atoms with Gasteiger partial charge in [0.1, 0.15) is 5.75 Å². The third-order valence-corrected chi connectivity index (χ3v) is 3.90. The minimum atomic E-state index is -4.64. The Hall–Kier alpha value is -0.720. The molecule has 0 aliphatic heterocycles. The minimum Gasteiger partial charge on any atom is -0.404 e. The summed E-state index contributed by atoms with van der Waals surface area (Å²) in [5.74, 6) is 0.648. The molecule has 1 aromatic carbocycles. The molecule has 0 bridgehead atoms. The lowest BCUT2D eigenvalue weighted by Gasteiger charge is -2.17. The lowest BCUT2D eigenvalue weighted by Crippen LogP contribution is -2.09. The lowest BCUT2D eigenvalue weighted by atomic mass is 10.0. The first-order valence-electron chi connectivity index (χ1n) is 7.57. The maximum atomic E-state index is 11.8. The molecule has 0 spiro atoms. The summed E-state index contributed by atoms with van der Waals surface area (Å²) in [4.78, 5) is 31.2. The highest BCUT2D eigenvalue weighted by Gasteiger charge is 2.24. The van der Waals surface area contributed by atoms with Gasteiger partial charge in [0, 0.05) is 0 Å². The van der Waals surface area contributed by atoms with Crippen molar-refractivity contribution >= 4 is 15.6 Å². The third-order valence-electron chi connectivity index (χ3n) is 2.98. The summed E-state index contributed by atoms with van der Waals surface area (Å²) in [7, 11) is -8.65. The van der Waals surface area contributed by atoms with Crippen LogP contribution >= 0.6 is 15.6 Å². The molecule has 0 heterocycles. The van der Waals surface area contributed by atoms with Crippen LogP contribution in [0.15, 0.2) is 30.3 Å².